The van der Waals surface area contributed by atoms with Crippen LogP contribution in [0.5, 0.6) is 0 Å². The second-order valence-corrected chi connectivity index (χ2v) is 6.73. The molecule has 1 aliphatic rings. The summed E-state index contributed by atoms with van der Waals surface area (Å²) in [6.45, 7) is 0.704. The zero-order chi connectivity index (χ0) is 17.8. The normalized spacial score (nSPS) is 14.3. The molecule has 0 bridgehead atoms. The average molecular weight is 343 g/mol. The Labute approximate surface area is 153 Å². The monoisotopic (exact) mass is 343 g/mol. The molecule has 0 atom stereocenters. The summed E-state index contributed by atoms with van der Waals surface area (Å²) in [5.41, 5.74) is 4.55. The molecule has 1 aromatic carbocycles. The van der Waals surface area contributed by atoms with E-state index in [2.05, 4.69) is 32.7 Å². The first-order valence-electron chi connectivity index (χ1n) is 9.05. The highest BCUT2D eigenvalue weighted by molar-refractivity contribution is 5.96. The molecule has 0 unspecified atom stereocenters. The lowest BCUT2D eigenvalue weighted by Gasteiger charge is -2.17. The van der Waals surface area contributed by atoms with Crippen LogP contribution < -0.4 is 10.6 Å². The molecular formula is C21H21N5. The molecule has 1 saturated carbocycles. The lowest BCUT2D eigenvalue weighted by Crippen LogP contribution is -2.16. The largest absolute Gasteiger partial charge is 0.381 e. The third-order valence-corrected chi connectivity index (χ3v) is 4.91. The summed E-state index contributed by atoms with van der Waals surface area (Å²) in [5.74, 6) is 0. The first-order valence-corrected chi connectivity index (χ1v) is 9.05. The van der Waals surface area contributed by atoms with Gasteiger partial charge >= 0.3 is 0 Å². The van der Waals surface area contributed by atoms with Gasteiger partial charge in [0.2, 0.25) is 0 Å². The van der Waals surface area contributed by atoms with Crippen LogP contribution in [0.15, 0.2) is 48.9 Å². The van der Waals surface area contributed by atoms with E-state index in [0.717, 1.165) is 40.7 Å². The first kappa shape index (κ1) is 16.3. The van der Waals surface area contributed by atoms with Gasteiger partial charge in [-0.25, -0.2) is 0 Å². The van der Waals surface area contributed by atoms with Crippen LogP contribution in [0.1, 0.15) is 36.8 Å². The predicted octanol–water partition coefficient (Wildman–Crippen LogP) is 4.47. The van der Waals surface area contributed by atoms with Crippen molar-refractivity contribution in [1.82, 2.24) is 9.97 Å². The molecule has 1 fully saturated rings. The van der Waals surface area contributed by atoms with Gasteiger partial charge in [-0.2, -0.15) is 5.26 Å². The Bertz CT molecular complexity index is 940. The summed E-state index contributed by atoms with van der Waals surface area (Å²) in [4.78, 5) is 8.59. The van der Waals surface area contributed by atoms with E-state index >= 15 is 0 Å². The van der Waals surface area contributed by atoms with Gasteiger partial charge < -0.3 is 10.6 Å². The maximum absolute atomic E-state index is 9.52. The van der Waals surface area contributed by atoms with E-state index in [1.54, 1.807) is 12.4 Å². The van der Waals surface area contributed by atoms with Crippen LogP contribution >= 0.6 is 0 Å². The van der Waals surface area contributed by atoms with E-state index in [1.807, 2.05) is 30.5 Å². The molecule has 0 radical (unpaired) electrons. The molecule has 26 heavy (non-hydrogen) atoms. The molecule has 0 saturated heterocycles. The van der Waals surface area contributed by atoms with Gasteiger partial charge in [-0.05, 0) is 42.7 Å². The molecule has 2 N–H and O–H groups in total. The molecule has 3 aromatic rings. The molecule has 130 valence electrons. The van der Waals surface area contributed by atoms with E-state index in [4.69, 9.17) is 0 Å². The van der Waals surface area contributed by atoms with E-state index < -0.39 is 0 Å². The number of aromatic nitrogens is 2. The van der Waals surface area contributed by atoms with E-state index in [-0.39, 0.29) is 0 Å². The fourth-order valence-electron chi connectivity index (χ4n) is 3.52. The number of hydrogen-bond donors (Lipinski definition) is 2. The standard InChI is InChI=1S/C21H21N5/c22-11-16-14-25-20-8-7-18(24-13-15-4-3-9-23-12-15)10-19(20)21(16)26-17-5-1-2-6-17/h3-4,7-10,12,14,17,24H,1-2,5-6,13H2,(H,25,26). The summed E-state index contributed by atoms with van der Waals surface area (Å²) in [5, 5.41) is 17.6. The molecule has 2 aromatic heterocycles. The number of hydrogen-bond acceptors (Lipinski definition) is 5. The summed E-state index contributed by atoms with van der Waals surface area (Å²) in [6, 6.07) is 12.8. The summed E-state index contributed by atoms with van der Waals surface area (Å²) in [6.07, 6.45) is 10.1. The highest BCUT2D eigenvalue weighted by Crippen LogP contribution is 2.31. The van der Waals surface area contributed by atoms with Gasteiger partial charge in [0.05, 0.1) is 16.8 Å². The smallest absolute Gasteiger partial charge is 0.103 e. The van der Waals surface area contributed by atoms with Gasteiger partial charge in [-0.3, -0.25) is 9.97 Å². The summed E-state index contributed by atoms with van der Waals surface area (Å²) in [7, 11) is 0. The third kappa shape index (κ3) is 3.45. The SMILES string of the molecule is N#Cc1cnc2ccc(NCc3cccnc3)cc2c1NC1CCCC1. The van der Waals surface area contributed by atoms with Crippen molar-refractivity contribution in [3.8, 4) is 6.07 Å². The quantitative estimate of drug-likeness (QED) is 0.715. The van der Waals surface area contributed by atoms with Crippen molar-refractivity contribution >= 4 is 22.3 Å². The van der Waals surface area contributed by atoms with Crippen molar-refractivity contribution in [1.29, 1.82) is 5.26 Å². The van der Waals surface area contributed by atoms with Crippen molar-refractivity contribution < 1.29 is 0 Å². The number of nitrogens with one attached hydrogen (secondary N) is 2. The molecule has 0 spiro atoms. The van der Waals surface area contributed by atoms with Crippen molar-refractivity contribution in [2.45, 2.75) is 38.3 Å². The second-order valence-electron chi connectivity index (χ2n) is 6.73. The highest BCUT2D eigenvalue weighted by Gasteiger charge is 2.18. The lowest BCUT2D eigenvalue weighted by molar-refractivity contribution is 0.756. The Balaban J connectivity index is 1.65. The molecule has 0 amide bonds. The molecule has 4 rings (SSSR count). The van der Waals surface area contributed by atoms with Crippen LogP contribution in [0, 0.1) is 11.3 Å². The molecular weight excluding hydrogens is 322 g/mol. The summed E-state index contributed by atoms with van der Waals surface area (Å²) < 4.78 is 0. The predicted molar refractivity (Wildman–Crippen MR) is 104 cm³/mol. The lowest BCUT2D eigenvalue weighted by atomic mass is 10.1. The van der Waals surface area contributed by atoms with Crippen molar-refractivity contribution in [3.05, 3.63) is 60.0 Å². The number of pyridine rings is 2. The maximum Gasteiger partial charge on any atom is 0.103 e. The number of fused-ring (bicyclic) bond motifs is 1. The van der Waals surface area contributed by atoms with Crippen LogP contribution in [0.2, 0.25) is 0 Å². The van der Waals surface area contributed by atoms with Crippen molar-refractivity contribution in [3.63, 3.8) is 0 Å². The van der Waals surface area contributed by atoms with Gasteiger partial charge in [0.25, 0.3) is 0 Å². The van der Waals surface area contributed by atoms with Gasteiger partial charge in [0, 0.05) is 42.3 Å². The fourth-order valence-corrected chi connectivity index (χ4v) is 3.52. The van der Waals surface area contributed by atoms with Crippen LogP contribution in [-0.2, 0) is 6.54 Å². The Kier molecular flexibility index (Phi) is 4.65. The third-order valence-electron chi connectivity index (χ3n) is 4.91. The Hall–Kier alpha value is -3.13. The minimum absolute atomic E-state index is 0.444. The van der Waals surface area contributed by atoms with Gasteiger partial charge in [0.1, 0.15) is 6.07 Å². The minimum atomic E-state index is 0.444. The minimum Gasteiger partial charge on any atom is -0.381 e. The zero-order valence-corrected chi connectivity index (χ0v) is 14.6. The van der Waals surface area contributed by atoms with Gasteiger partial charge in [0.15, 0.2) is 0 Å². The number of nitriles is 1. The number of benzene rings is 1. The molecule has 2 heterocycles. The highest BCUT2D eigenvalue weighted by atomic mass is 14.9. The Morgan fingerprint density at radius 1 is 1.15 bits per heavy atom. The first-order chi connectivity index (χ1) is 12.8. The second kappa shape index (κ2) is 7.40. The van der Waals surface area contributed by atoms with Gasteiger partial charge in [-0.15, -0.1) is 0 Å². The van der Waals surface area contributed by atoms with Crippen molar-refractivity contribution in [2.24, 2.45) is 0 Å². The topological polar surface area (TPSA) is 73.6 Å². The maximum atomic E-state index is 9.52. The van der Waals surface area contributed by atoms with E-state index in [9.17, 15) is 5.26 Å². The zero-order valence-electron chi connectivity index (χ0n) is 14.6. The van der Waals surface area contributed by atoms with Gasteiger partial charge in [-0.1, -0.05) is 18.9 Å². The molecule has 5 nitrogen and oxygen atoms in total. The van der Waals surface area contributed by atoms with Crippen LogP contribution in [-0.4, -0.2) is 16.0 Å². The molecule has 1 aliphatic carbocycles. The molecule has 5 heteroatoms. The number of nitrogens with zero attached hydrogens (tertiary/aromatic N) is 3. The molecule has 0 aliphatic heterocycles. The Morgan fingerprint density at radius 3 is 2.81 bits per heavy atom. The van der Waals surface area contributed by atoms with Crippen molar-refractivity contribution in [2.75, 3.05) is 10.6 Å². The van der Waals surface area contributed by atoms with Crippen LogP contribution in [0.4, 0.5) is 11.4 Å². The average Bonchev–Trinajstić information content (AvgIpc) is 3.20. The Morgan fingerprint density at radius 2 is 2.04 bits per heavy atom. The number of anilines is 2. The summed E-state index contributed by atoms with van der Waals surface area (Å²) >= 11 is 0. The van der Waals surface area contributed by atoms with E-state index in [1.165, 1.54) is 12.8 Å². The fraction of sp³-hybridized carbons (Fsp3) is 0.286. The van der Waals surface area contributed by atoms with E-state index in [0.29, 0.717) is 18.2 Å². The van der Waals surface area contributed by atoms with Crippen LogP contribution in [0.3, 0.4) is 0 Å². The number of rotatable bonds is 5. The van der Waals surface area contributed by atoms with Crippen LogP contribution in [0.25, 0.3) is 10.9 Å².